The Kier molecular flexibility index (Phi) is 5.46. The lowest BCUT2D eigenvalue weighted by atomic mass is 9.91. The van der Waals surface area contributed by atoms with Crippen molar-refractivity contribution in [3.8, 4) is 0 Å². The summed E-state index contributed by atoms with van der Waals surface area (Å²) in [5.41, 5.74) is 1.11. The zero-order valence-electron chi connectivity index (χ0n) is 13.7. The third-order valence-corrected chi connectivity index (χ3v) is 4.66. The summed E-state index contributed by atoms with van der Waals surface area (Å²) in [7, 11) is 0. The largest absolute Gasteiger partial charge is 0.369 e. The van der Waals surface area contributed by atoms with Gasteiger partial charge in [-0.1, -0.05) is 27.7 Å². The van der Waals surface area contributed by atoms with E-state index in [4.69, 9.17) is 14.7 Å². The highest BCUT2D eigenvalue weighted by atomic mass is 127. The first-order valence-electron chi connectivity index (χ1n) is 7.80. The van der Waals surface area contributed by atoms with Crippen molar-refractivity contribution in [3.05, 3.63) is 15.1 Å². The number of ether oxygens (including phenoxy) is 1. The lowest BCUT2D eigenvalue weighted by molar-refractivity contribution is 0.0501. The highest BCUT2D eigenvalue weighted by Crippen LogP contribution is 2.35. The average Bonchev–Trinajstić information content (AvgIpc) is 2.83. The fraction of sp³-hybridized carbons (Fsp3) is 0.750. The Morgan fingerprint density at radius 1 is 1.29 bits per heavy atom. The van der Waals surface area contributed by atoms with Gasteiger partial charge in [-0.2, -0.15) is 0 Å². The van der Waals surface area contributed by atoms with Gasteiger partial charge in [0.25, 0.3) is 0 Å². The van der Waals surface area contributed by atoms with E-state index in [0.717, 1.165) is 46.7 Å². The average molecular weight is 403 g/mol. The number of aromatic nitrogens is 2. The minimum Gasteiger partial charge on any atom is -0.369 e. The van der Waals surface area contributed by atoms with Crippen LogP contribution >= 0.6 is 22.6 Å². The first-order valence-corrected chi connectivity index (χ1v) is 8.88. The van der Waals surface area contributed by atoms with E-state index >= 15 is 0 Å². The number of rotatable bonds is 4. The van der Waals surface area contributed by atoms with Crippen LogP contribution in [0.5, 0.6) is 0 Å². The molecule has 5 heteroatoms. The van der Waals surface area contributed by atoms with Gasteiger partial charge in [0.2, 0.25) is 0 Å². The van der Waals surface area contributed by atoms with Crippen molar-refractivity contribution in [2.75, 3.05) is 11.9 Å². The van der Waals surface area contributed by atoms with Crippen LogP contribution in [0.3, 0.4) is 0 Å². The predicted molar refractivity (Wildman–Crippen MR) is 94.8 cm³/mol. The molecular formula is C16H26IN3O. The number of anilines is 1. The smallest absolute Gasteiger partial charge is 0.159 e. The van der Waals surface area contributed by atoms with Crippen molar-refractivity contribution in [2.45, 2.75) is 71.5 Å². The van der Waals surface area contributed by atoms with Crippen LogP contribution in [-0.2, 0) is 10.2 Å². The summed E-state index contributed by atoms with van der Waals surface area (Å²) >= 11 is 2.36. The predicted octanol–water partition coefficient (Wildman–Crippen LogP) is 4.44. The molecule has 1 fully saturated rings. The molecule has 1 aliphatic heterocycles. The normalized spacial score (nSPS) is 22.6. The number of nitrogens with zero attached hydrogens (tertiary/aromatic N) is 2. The Labute approximate surface area is 141 Å². The molecule has 118 valence electrons. The standard InChI is InChI=1S/C16H26IN3O/c1-6-9-18-15-12(17)13(16(3,4)5)19-14(20-15)11-8-7-10(2)21-11/h10-11H,6-9H2,1-5H3,(H,18,19,20). The van der Waals surface area contributed by atoms with Crippen molar-refractivity contribution in [3.63, 3.8) is 0 Å². The maximum absolute atomic E-state index is 5.96. The van der Waals surface area contributed by atoms with Gasteiger partial charge < -0.3 is 10.1 Å². The molecule has 2 unspecified atom stereocenters. The number of halogens is 1. The van der Waals surface area contributed by atoms with E-state index in [2.05, 4.69) is 62.5 Å². The summed E-state index contributed by atoms with van der Waals surface area (Å²) in [5.74, 6) is 1.79. The van der Waals surface area contributed by atoms with Crippen LogP contribution < -0.4 is 5.32 Å². The second-order valence-corrected chi connectivity index (χ2v) is 7.86. The van der Waals surface area contributed by atoms with Crippen LogP contribution in [0.1, 0.15) is 71.5 Å². The van der Waals surface area contributed by atoms with Crippen molar-refractivity contribution in [2.24, 2.45) is 0 Å². The molecule has 1 aliphatic rings. The van der Waals surface area contributed by atoms with Gasteiger partial charge >= 0.3 is 0 Å². The van der Waals surface area contributed by atoms with Gasteiger partial charge in [0, 0.05) is 12.0 Å². The summed E-state index contributed by atoms with van der Waals surface area (Å²) < 4.78 is 7.09. The molecule has 0 spiro atoms. The SMILES string of the molecule is CCCNc1nc(C2CCC(C)O2)nc(C(C)(C)C)c1I. The Balaban J connectivity index is 2.41. The van der Waals surface area contributed by atoms with Crippen molar-refractivity contribution in [1.82, 2.24) is 9.97 Å². The van der Waals surface area contributed by atoms with E-state index in [-0.39, 0.29) is 11.5 Å². The topological polar surface area (TPSA) is 47.0 Å². The fourth-order valence-electron chi connectivity index (χ4n) is 2.46. The molecule has 0 bridgehead atoms. The van der Waals surface area contributed by atoms with Crippen LogP contribution in [0.25, 0.3) is 0 Å². The quantitative estimate of drug-likeness (QED) is 0.756. The molecule has 1 aromatic heterocycles. The van der Waals surface area contributed by atoms with E-state index in [0.29, 0.717) is 6.10 Å². The monoisotopic (exact) mass is 403 g/mol. The van der Waals surface area contributed by atoms with Crippen molar-refractivity contribution < 1.29 is 4.74 Å². The van der Waals surface area contributed by atoms with Gasteiger partial charge in [0.05, 0.1) is 15.4 Å². The molecule has 1 N–H and O–H groups in total. The Morgan fingerprint density at radius 2 is 2.00 bits per heavy atom. The van der Waals surface area contributed by atoms with Crippen LogP contribution in [0.4, 0.5) is 5.82 Å². The van der Waals surface area contributed by atoms with E-state index in [1.807, 2.05) is 0 Å². The molecule has 21 heavy (non-hydrogen) atoms. The zero-order chi connectivity index (χ0) is 15.6. The highest BCUT2D eigenvalue weighted by Gasteiger charge is 2.29. The third-order valence-electron chi connectivity index (χ3n) is 3.64. The van der Waals surface area contributed by atoms with Crippen LogP contribution in [-0.4, -0.2) is 22.6 Å². The van der Waals surface area contributed by atoms with Gasteiger partial charge in [-0.05, 0) is 48.8 Å². The Morgan fingerprint density at radius 3 is 2.52 bits per heavy atom. The molecule has 0 aromatic carbocycles. The highest BCUT2D eigenvalue weighted by molar-refractivity contribution is 14.1. The van der Waals surface area contributed by atoms with Gasteiger partial charge in [-0.25, -0.2) is 9.97 Å². The van der Waals surface area contributed by atoms with Crippen LogP contribution in [0.2, 0.25) is 0 Å². The first kappa shape index (κ1) is 16.9. The summed E-state index contributed by atoms with van der Waals surface area (Å²) in [5, 5.41) is 3.44. The minimum absolute atomic E-state index is 0.00107. The number of hydrogen-bond donors (Lipinski definition) is 1. The number of hydrogen-bond acceptors (Lipinski definition) is 4. The summed E-state index contributed by atoms with van der Waals surface area (Å²) in [6, 6.07) is 0. The molecule has 0 radical (unpaired) electrons. The molecule has 0 saturated carbocycles. The van der Waals surface area contributed by atoms with Crippen LogP contribution in [0.15, 0.2) is 0 Å². The summed E-state index contributed by atoms with van der Waals surface area (Å²) in [4.78, 5) is 9.59. The maximum Gasteiger partial charge on any atom is 0.159 e. The van der Waals surface area contributed by atoms with Gasteiger partial charge in [-0.3, -0.25) is 0 Å². The molecule has 4 nitrogen and oxygen atoms in total. The van der Waals surface area contributed by atoms with E-state index < -0.39 is 0 Å². The van der Waals surface area contributed by atoms with Gasteiger partial charge in [-0.15, -0.1) is 0 Å². The van der Waals surface area contributed by atoms with Crippen LogP contribution in [0, 0.1) is 3.57 Å². The summed E-state index contributed by atoms with van der Waals surface area (Å²) in [6.45, 7) is 11.8. The molecule has 0 amide bonds. The lowest BCUT2D eigenvalue weighted by Gasteiger charge is -2.23. The molecule has 2 atom stereocenters. The Bertz CT molecular complexity index is 499. The Hall–Kier alpha value is -0.430. The zero-order valence-corrected chi connectivity index (χ0v) is 15.8. The van der Waals surface area contributed by atoms with E-state index in [1.54, 1.807) is 0 Å². The molecular weight excluding hydrogens is 377 g/mol. The first-order chi connectivity index (χ1) is 9.82. The molecule has 2 rings (SSSR count). The fourth-order valence-corrected chi connectivity index (χ4v) is 3.70. The lowest BCUT2D eigenvalue weighted by Crippen LogP contribution is -2.21. The van der Waals surface area contributed by atoms with E-state index in [9.17, 15) is 0 Å². The second kappa shape index (κ2) is 6.77. The minimum atomic E-state index is 0.00107. The molecule has 0 aliphatic carbocycles. The molecule has 1 aromatic rings. The summed E-state index contributed by atoms with van der Waals surface area (Å²) in [6.07, 6.45) is 3.53. The van der Waals surface area contributed by atoms with Crippen molar-refractivity contribution in [1.29, 1.82) is 0 Å². The van der Waals surface area contributed by atoms with E-state index in [1.165, 1.54) is 0 Å². The molecule has 2 heterocycles. The molecule has 1 saturated heterocycles. The third kappa shape index (κ3) is 4.06. The van der Waals surface area contributed by atoms with Gasteiger partial charge in [0.15, 0.2) is 5.82 Å². The van der Waals surface area contributed by atoms with Gasteiger partial charge in [0.1, 0.15) is 11.9 Å². The maximum atomic E-state index is 5.96. The second-order valence-electron chi connectivity index (χ2n) is 6.78. The number of nitrogens with one attached hydrogen (secondary N) is 1. The van der Waals surface area contributed by atoms with Crippen molar-refractivity contribution >= 4 is 28.4 Å².